The molecule has 0 spiro atoms. The Bertz CT molecular complexity index is 415. The highest BCUT2D eigenvalue weighted by atomic mass is 15.1. The highest BCUT2D eigenvalue weighted by Crippen LogP contribution is 2.20. The second kappa shape index (κ2) is 6.70. The van der Waals surface area contributed by atoms with Crippen molar-refractivity contribution in [1.29, 1.82) is 0 Å². The molecule has 0 amide bonds. The average Bonchev–Trinajstić information content (AvgIpc) is 2.32. The van der Waals surface area contributed by atoms with Gasteiger partial charge in [0.15, 0.2) is 0 Å². The molecule has 1 aromatic heterocycles. The topological polar surface area (TPSA) is 67.1 Å². The van der Waals surface area contributed by atoms with Crippen molar-refractivity contribution in [2.24, 2.45) is 5.92 Å². The van der Waals surface area contributed by atoms with Crippen LogP contribution < -0.4 is 11.1 Å². The van der Waals surface area contributed by atoms with E-state index < -0.39 is 0 Å². The Morgan fingerprint density at radius 1 is 1.26 bits per heavy atom. The van der Waals surface area contributed by atoms with Crippen molar-refractivity contribution in [3.63, 3.8) is 0 Å². The van der Waals surface area contributed by atoms with Crippen LogP contribution in [0, 0.1) is 12.8 Å². The van der Waals surface area contributed by atoms with Crippen LogP contribution in [0.2, 0.25) is 0 Å². The first-order chi connectivity index (χ1) is 8.85. The third kappa shape index (κ3) is 4.35. The molecule has 0 saturated carbocycles. The summed E-state index contributed by atoms with van der Waals surface area (Å²) in [4.78, 5) is 11.0. The largest absolute Gasteiger partial charge is 0.383 e. The maximum atomic E-state index is 5.95. The second-order valence-electron chi connectivity index (χ2n) is 5.61. The molecule has 19 heavy (non-hydrogen) atoms. The van der Waals surface area contributed by atoms with Gasteiger partial charge in [-0.25, -0.2) is 9.97 Å². The van der Waals surface area contributed by atoms with Crippen LogP contribution in [0.4, 0.5) is 11.6 Å². The number of rotatable bonds is 6. The van der Waals surface area contributed by atoms with Gasteiger partial charge < -0.3 is 16.0 Å². The number of aryl methyl sites for hydroxylation is 1. The van der Waals surface area contributed by atoms with Crippen molar-refractivity contribution in [3.8, 4) is 0 Å². The number of nitrogen functional groups attached to an aromatic ring is 1. The van der Waals surface area contributed by atoms with E-state index >= 15 is 0 Å². The Hall–Kier alpha value is -1.36. The van der Waals surface area contributed by atoms with Crippen molar-refractivity contribution in [1.82, 2.24) is 14.9 Å². The lowest BCUT2D eigenvalue weighted by Crippen LogP contribution is -2.37. The minimum Gasteiger partial charge on any atom is -0.383 e. The Balaban J connectivity index is 2.98. The zero-order valence-electron chi connectivity index (χ0n) is 13.0. The van der Waals surface area contributed by atoms with Gasteiger partial charge in [-0.05, 0) is 26.9 Å². The molecule has 1 unspecified atom stereocenters. The molecular formula is C14H27N5. The molecule has 1 atom stereocenters. The summed E-state index contributed by atoms with van der Waals surface area (Å²) in [5, 5.41) is 3.52. The fourth-order valence-electron chi connectivity index (χ4n) is 1.87. The van der Waals surface area contributed by atoms with Crippen LogP contribution in [-0.4, -0.2) is 41.5 Å². The maximum absolute atomic E-state index is 5.95. The lowest BCUT2D eigenvalue weighted by Gasteiger charge is -2.27. The number of nitrogens with two attached hydrogens (primary N) is 1. The van der Waals surface area contributed by atoms with Crippen LogP contribution >= 0.6 is 0 Å². The monoisotopic (exact) mass is 265 g/mol. The van der Waals surface area contributed by atoms with E-state index in [0.29, 0.717) is 17.8 Å². The van der Waals surface area contributed by atoms with E-state index in [-0.39, 0.29) is 0 Å². The zero-order valence-corrected chi connectivity index (χ0v) is 13.0. The van der Waals surface area contributed by atoms with E-state index in [9.17, 15) is 0 Å². The average molecular weight is 265 g/mol. The lowest BCUT2D eigenvalue weighted by molar-refractivity contribution is 0.344. The first-order valence-electron chi connectivity index (χ1n) is 6.89. The highest BCUT2D eigenvalue weighted by molar-refractivity contribution is 5.55. The van der Waals surface area contributed by atoms with Gasteiger partial charge >= 0.3 is 0 Å². The minimum atomic E-state index is 0.340. The van der Waals surface area contributed by atoms with Crippen molar-refractivity contribution >= 4 is 11.6 Å². The molecule has 108 valence electrons. The van der Waals surface area contributed by atoms with Gasteiger partial charge in [0.2, 0.25) is 0 Å². The van der Waals surface area contributed by atoms with Crippen LogP contribution in [0.3, 0.4) is 0 Å². The van der Waals surface area contributed by atoms with Crippen molar-refractivity contribution < 1.29 is 0 Å². The predicted molar refractivity (Wildman–Crippen MR) is 81.4 cm³/mol. The van der Waals surface area contributed by atoms with Gasteiger partial charge in [-0.1, -0.05) is 20.8 Å². The number of hydrogen-bond donors (Lipinski definition) is 2. The number of aromatic nitrogens is 2. The minimum absolute atomic E-state index is 0.340. The summed E-state index contributed by atoms with van der Waals surface area (Å²) in [7, 11) is 4.16. The normalized spacial score (nSPS) is 13.1. The summed E-state index contributed by atoms with van der Waals surface area (Å²) >= 11 is 0. The van der Waals surface area contributed by atoms with Gasteiger partial charge in [0, 0.05) is 24.6 Å². The quantitative estimate of drug-likeness (QED) is 0.822. The molecular weight excluding hydrogens is 238 g/mol. The molecule has 0 aliphatic rings. The molecule has 1 rings (SSSR count). The third-order valence-corrected chi connectivity index (χ3v) is 3.23. The van der Waals surface area contributed by atoms with Crippen LogP contribution in [0.15, 0.2) is 0 Å². The zero-order chi connectivity index (χ0) is 14.6. The molecule has 3 N–H and O–H groups in total. The standard InChI is InChI=1S/C14H27N5/c1-7-12-17-13(15)10(4)14(18-12)16-11(9(2)3)8-19(5)6/h9,11H,7-8H2,1-6H3,(H3,15,16,17,18). The summed E-state index contributed by atoms with van der Waals surface area (Å²) in [5.41, 5.74) is 6.88. The summed E-state index contributed by atoms with van der Waals surface area (Å²) in [6, 6.07) is 0.340. The Labute approximate surface area is 116 Å². The number of likely N-dealkylation sites (N-methyl/N-ethyl adjacent to an activating group) is 1. The van der Waals surface area contributed by atoms with Gasteiger partial charge in [-0.3, -0.25) is 0 Å². The van der Waals surface area contributed by atoms with E-state index in [1.165, 1.54) is 0 Å². The summed E-state index contributed by atoms with van der Waals surface area (Å²) in [6.45, 7) is 9.38. The summed E-state index contributed by atoms with van der Waals surface area (Å²) in [5.74, 6) is 2.74. The number of hydrogen-bond acceptors (Lipinski definition) is 5. The first-order valence-corrected chi connectivity index (χ1v) is 6.89. The Morgan fingerprint density at radius 3 is 2.37 bits per heavy atom. The Morgan fingerprint density at radius 2 is 1.89 bits per heavy atom. The van der Waals surface area contributed by atoms with Gasteiger partial charge in [-0.2, -0.15) is 0 Å². The molecule has 0 aromatic carbocycles. The third-order valence-electron chi connectivity index (χ3n) is 3.23. The maximum Gasteiger partial charge on any atom is 0.135 e. The highest BCUT2D eigenvalue weighted by Gasteiger charge is 2.17. The smallest absolute Gasteiger partial charge is 0.135 e. The fourth-order valence-corrected chi connectivity index (χ4v) is 1.87. The number of nitrogens with one attached hydrogen (secondary N) is 1. The van der Waals surface area contributed by atoms with Crippen LogP contribution in [0.25, 0.3) is 0 Å². The predicted octanol–water partition coefficient (Wildman–Crippen LogP) is 1.93. The van der Waals surface area contributed by atoms with Gasteiger partial charge in [-0.15, -0.1) is 0 Å². The molecule has 5 heteroatoms. The van der Waals surface area contributed by atoms with Gasteiger partial charge in [0.25, 0.3) is 0 Å². The van der Waals surface area contributed by atoms with E-state index in [0.717, 1.165) is 30.2 Å². The van der Waals surface area contributed by atoms with Crippen molar-refractivity contribution in [2.45, 2.75) is 40.2 Å². The molecule has 0 fully saturated rings. The molecule has 0 radical (unpaired) electrons. The molecule has 0 bridgehead atoms. The van der Waals surface area contributed by atoms with Crippen LogP contribution in [-0.2, 0) is 6.42 Å². The van der Waals surface area contributed by atoms with Crippen molar-refractivity contribution in [3.05, 3.63) is 11.4 Å². The van der Waals surface area contributed by atoms with Crippen LogP contribution in [0.1, 0.15) is 32.2 Å². The molecule has 1 heterocycles. The molecule has 5 nitrogen and oxygen atoms in total. The van der Waals surface area contributed by atoms with Gasteiger partial charge in [0.1, 0.15) is 17.5 Å². The Kier molecular flexibility index (Phi) is 5.54. The van der Waals surface area contributed by atoms with E-state index in [2.05, 4.69) is 48.1 Å². The number of nitrogens with zero attached hydrogens (tertiary/aromatic N) is 3. The van der Waals surface area contributed by atoms with Gasteiger partial charge in [0.05, 0.1) is 0 Å². The fraction of sp³-hybridized carbons (Fsp3) is 0.714. The first kappa shape index (κ1) is 15.7. The van der Waals surface area contributed by atoms with Crippen LogP contribution in [0.5, 0.6) is 0 Å². The molecule has 0 aliphatic carbocycles. The van der Waals surface area contributed by atoms with Crippen molar-refractivity contribution in [2.75, 3.05) is 31.7 Å². The molecule has 1 aromatic rings. The lowest BCUT2D eigenvalue weighted by atomic mass is 10.0. The SMILES string of the molecule is CCc1nc(N)c(C)c(NC(CN(C)C)C(C)C)n1. The molecule has 0 aliphatic heterocycles. The summed E-state index contributed by atoms with van der Waals surface area (Å²) in [6.07, 6.45) is 0.791. The van der Waals surface area contributed by atoms with E-state index in [1.807, 2.05) is 13.8 Å². The second-order valence-corrected chi connectivity index (χ2v) is 5.61. The van der Waals surface area contributed by atoms with E-state index in [1.54, 1.807) is 0 Å². The van der Waals surface area contributed by atoms with E-state index in [4.69, 9.17) is 5.73 Å². The molecule has 0 saturated heterocycles. The number of anilines is 2. The summed E-state index contributed by atoms with van der Waals surface area (Å²) < 4.78 is 0.